The zero-order chi connectivity index (χ0) is 17.5. The Morgan fingerprint density at radius 1 is 1.16 bits per heavy atom. The van der Waals surface area contributed by atoms with Gasteiger partial charge >= 0.3 is 0 Å². The standard InChI is InChI=1S/C18H26FN5O/c1-22-9-11-23(12-10-22)6-2-3-13-25-16-4-7-24(8-5-16)18-17(19)14-20-15-21-18/h14-16H,4-13H2,1H3. The molecule has 0 N–H and O–H groups in total. The van der Waals surface area contributed by atoms with Gasteiger partial charge < -0.3 is 14.5 Å². The van der Waals surface area contributed by atoms with Crippen LogP contribution in [-0.2, 0) is 4.74 Å². The number of anilines is 1. The molecule has 0 aromatic carbocycles. The summed E-state index contributed by atoms with van der Waals surface area (Å²) >= 11 is 0. The van der Waals surface area contributed by atoms with E-state index in [1.165, 1.54) is 12.5 Å². The van der Waals surface area contributed by atoms with E-state index in [-0.39, 0.29) is 11.9 Å². The monoisotopic (exact) mass is 347 g/mol. The van der Waals surface area contributed by atoms with Gasteiger partial charge in [0.2, 0.25) is 0 Å². The largest absolute Gasteiger partial charge is 0.365 e. The van der Waals surface area contributed by atoms with Crippen molar-refractivity contribution in [3.8, 4) is 11.8 Å². The second kappa shape index (κ2) is 9.09. The highest BCUT2D eigenvalue weighted by molar-refractivity contribution is 5.38. The van der Waals surface area contributed by atoms with Crippen LogP contribution >= 0.6 is 0 Å². The molecule has 0 unspecified atom stereocenters. The van der Waals surface area contributed by atoms with Crippen molar-refractivity contribution in [3.05, 3.63) is 18.3 Å². The second-order valence-corrected chi connectivity index (χ2v) is 6.62. The van der Waals surface area contributed by atoms with Gasteiger partial charge in [-0.05, 0) is 19.9 Å². The number of hydrogen-bond acceptors (Lipinski definition) is 6. The molecule has 2 aliphatic heterocycles. The number of halogens is 1. The lowest BCUT2D eigenvalue weighted by Crippen LogP contribution is -2.44. The molecule has 3 rings (SSSR count). The van der Waals surface area contributed by atoms with E-state index in [0.717, 1.165) is 58.7 Å². The van der Waals surface area contributed by atoms with E-state index in [0.29, 0.717) is 12.4 Å². The van der Waals surface area contributed by atoms with Crippen LogP contribution in [0.25, 0.3) is 0 Å². The van der Waals surface area contributed by atoms with E-state index < -0.39 is 0 Å². The quantitative estimate of drug-likeness (QED) is 0.753. The summed E-state index contributed by atoms with van der Waals surface area (Å²) in [6.45, 7) is 7.19. The molecule has 0 spiro atoms. The van der Waals surface area contributed by atoms with Crippen molar-refractivity contribution in [2.45, 2.75) is 18.9 Å². The van der Waals surface area contributed by atoms with Crippen LogP contribution in [0.2, 0.25) is 0 Å². The lowest BCUT2D eigenvalue weighted by atomic mass is 10.1. The number of hydrogen-bond donors (Lipinski definition) is 0. The third kappa shape index (κ3) is 5.36. The lowest BCUT2D eigenvalue weighted by molar-refractivity contribution is 0.0592. The van der Waals surface area contributed by atoms with Crippen LogP contribution in [0.15, 0.2) is 12.5 Å². The summed E-state index contributed by atoms with van der Waals surface area (Å²) in [5.74, 6) is 6.35. The summed E-state index contributed by atoms with van der Waals surface area (Å²) in [6, 6.07) is 0. The van der Waals surface area contributed by atoms with E-state index in [9.17, 15) is 4.39 Å². The van der Waals surface area contributed by atoms with E-state index in [2.05, 4.69) is 38.7 Å². The van der Waals surface area contributed by atoms with Crippen LogP contribution in [-0.4, -0.2) is 85.3 Å². The van der Waals surface area contributed by atoms with Gasteiger partial charge in [0.25, 0.3) is 0 Å². The molecule has 0 radical (unpaired) electrons. The Labute approximate surface area is 149 Å². The molecule has 7 heteroatoms. The van der Waals surface area contributed by atoms with Crippen LogP contribution in [0.3, 0.4) is 0 Å². The van der Waals surface area contributed by atoms with E-state index in [1.54, 1.807) is 0 Å². The van der Waals surface area contributed by atoms with Crippen molar-refractivity contribution in [2.24, 2.45) is 0 Å². The topological polar surface area (TPSA) is 44.7 Å². The van der Waals surface area contributed by atoms with Crippen molar-refractivity contribution in [1.82, 2.24) is 19.8 Å². The van der Waals surface area contributed by atoms with Crippen LogP contribution in [0, 0.1) is 17.7 Å². The molecule has 3 heterocycles. The van der Waals surface area contributed by atoms with Crippen molar-refractivity contribution >= 4 is 5.82 Å². The number of likely N-dealkylation sites (N-methyl/N-ethyl adjacent to an activating group) is 1. The van der Waals surface area contributed by atoms with Crippen LogP contribution in [0.5, 0.6) is 0 Å². The summed E-state index contributed by atoms with van der Waals surface area (Å²) < 4.78 is 19.6. The number of rotatable bonds is 4. The third-order valence-corrected chi connectivity index (χ3v) is 4.80. The van der Waals surface area contributed by atoms with E-state index in [4.69, 9.17) is 4.74 Å². The molecule has 0 amide bonds. The summed E-state index contributed by atoms with van der Waals surface area (Å²) in [7, 11) is 2.15. The minimum atomic E-state index is -0.364. The molecule has 0 aliphatic carbocycles. The second-order valence-electron chi connectivity index (χ2n) is 6.62. The Morgan fingerprint density at radius 2 is 1.92 bits per heavy atom. The first-order valence-corrected chi connectivity index (χ1v) is 8.91. The number of nitrogens with zero attached hydrogens (tertiary/aromatic N) is 5. The number of piperidine rings is 1. The van der Waals surface area contributed by atoms with Gasteiger partial charge in [-0.1, -0.05) is 11.8 Å². The van der Waals surface area contributed by atoms with Crippen LogP contribution in [0.4, 0.5) is 10.2 Å². The minimum Gasteiger partial charge on any atom is -0.365 e. The highest BCUT2D eigenvalue weighted by Gasteiger charge is 2.22. The third-order valence-electron chi connectivity index (χ3n) is 4.80. The van der Waals surface area contributed by atoms with Crippen molar-refractivity contribution in [3.63, 3.8) is 0 Å². The average molecular weight is 347 g/mol. The molecule has 1 aromatic heterocycles. The van der Waals surface area contributed by atoms with Crippen LogP contribution < -0.4 is 4.90 Å². The highest BCUT2D eigenvalue weighted by Crippen LogP contribution is 2.21. The van der Waals surface area contributed by atoms with Crippen molar-refractivity contribution in [2.75, 3.05) is 64.4 Å². The maximum atomic E-state index is 13.7. The zero-order valence-electron chi connectivity index (χ0n) is 14.8. The van der Waals surface area contributed by atoms with E-state index >= 15 is 0 Å². The van der Waals surface area contributed by atoms with Gasteiger partial charge in [-0.3, -0.25) is 4.90 Å². The molecular weight excluding hydrogens is 321 g/mol. The molecule has 25 heavy (non-hydrogen) atoms. The maximum absolute atomic E-state index is 13.7. The summed E-state index contributed by atoms with van der Waals surface area (Å²) in [6.07, 6.45) is 4.52. The molecule has 0 atom stereocenters. The SMILES string of the molecule is CN1CCN(CC#CCOC2CCN(c3ncncc3F)CC2)CC1. The van der Waals surface area contributed by atoms with E-state index in [1.807, 2.05) is 4.90 Å². The summed E-state index contributed by atoms with van der Waals surface area (Å²) in [5.41, 5.74) is 0. The smallest absolute Gasteiger partial charge is 0.183 e. The fourth-order valence-electron chi connectivity index (χ4n) is 3.16. The summed E-state index contributed by atoms with van der Waals surface area (Å²) in [5, 5.41) is 0. The molecule has 136 valence electrons. The Balaban J connectivity index is 1.33. The van der Waals surface area contributed by atoms with Gasteiger partial charge in [-0.2, -0.15) is 0 Å². The lowest BCUT2D eigenvalue weighted by Gasteiger charge is -2.32. The van der Waals surface area contributed by atoms with Crippen molar-refractivity contribution < 1.29 is 9.13 Å². The fraction of sp³-hybridized carbons (Fsp3) is 0.667. The first-order valence-electron chi connectivity index (χ1n) is 8.91. The predicted octanol–water partition coefficient (Wildman–Crippen LogP) is 0.852. The van der Waals surface area contributed by atoms with Gasteiger partial charge in [0.15, 0.2) is 11.6 Å². The van der Waals surface area contributed by atoms with Gasteiger partial charge in [-0.15, -0.1) is 0 Å². The van der Waals surface area contributed by atoms with Gasteiger partial charge in [-0.25, -0.2) is 14.4 Å². The van der Waals surface area contributed by atoms with Crippen LogP contribution in [0.1, 0.15) is 12.8 Å². The molecule has 1 aromatic rings. The Morgan fingerprint density at radius 3 is 2.64 bits per heavy atom. The molecule has 2 fully saturated rings. The predicted molar refractivity (Wildman–Crippen MR) is 94.9 cm³/mol. The first kappa shape index (κ1) is 18.1. The molecule has 0 bridgehead atoms. The average Bonchev–Trinajstić information content (AvgIpc) is 2.64. The Kier molecular flexibility index (Phi) is 6.56. The van der Waals surface area contributed by atoms with Gasteiger partial charge in [0.05, 0.1) is 18.8 Å². The normalized spacial score (nSPS) is 20.3. The Hall–Kier alpha value is -1.75. The number of aromatic nitrogens is 2. The van der Waals surface area contributed by atoms with Crippen molar-refractivity contribution in [1.29, 1.82) is 0 Å². The molecule has 0 saturated carbocycles. The molecule has 2 aliphatic rings. The summed E-state index contributed by atoms with van der Waals surface area (Å²) in [4.78, 5) is 14.4. The minimum absolute atomic E-state index is 0.194. The first-order chi connectivity index (χ1) is 12.2. The zero-order valence-corrected chi connectivity index (χ0v) is 14.8. The number of ether oxygens (including phenoxy) is 1. The number of piperazine rings is 1. The maximum Gasteiger partial charge on any atom is 0.183 e. The highest BCUT2D eigenvalue weighted by atomic mass is 19.1. The molecule has 6 nitrogen and oxygen atoms in total. The van der Waals surface area contributed by atoms with Gasteiger partial charge in [0, 0.05) is 39.3 Å². The molecular formula is C18H26FN5O. The Bertz CT molecular complexity index is 601. The fourth-order valence-corrected chi connectivity index (χ4v) is 3.16. The molecule has 2 saturated heterocycles. The van der Waals surface area contributed by atoms with Gasteiger partial charge in [0.1, 0.15) is 12.9 Å².